The zero-order chi connectivity index (χ0) is 15.6. The molecule has 23 heavy (non-hydrogen) atoms. The van der Waals surface area contributed by atoms with Crippen LogP contribution in [0.2, 0.25) is 0 Å². The Labute approximate surface area is 135 Å². The maximum Gasteiger partial charge on any atom is 0.229 e. The number of nitrogens with zero attached hydrogens (tertiary/aromatic N) is 5. The molecule has 2 aromatic heterocycles. The number of aliphatic hydroxyl groups is 1. The average molecular weight is 317 g/mol. The van der Waals surface area contributed by atoms with Gasteiger partial charge in [0.2, 0.25) is 5.89 Å². The lowest BCUT2D eigenvalue weighted by Crippen LogP contribution is -2.41. The van der Waals surface area contributed by atoms with Crippen molar-refractivity contribution in [3.63, 3.8) is 0 Å². The van der Waals surface area contributed by atoms with Crippen LogP contribution in [-0.2, 0) is 6.54 Å². The highest BCUT2D eigenvalue weighted by Gasteiger charge is 2.32. The first-order valence-corrected chi connectivity index (χ1v) is 8.49. The van der Waals surface area contributed by atoms with Gasteiger partial charge in [0, 0.05) is 37.3 Å². The van der Waals surface area contributed by atoms with Crippen LogP contribution in [0, 0.1) is 0 Å². The van der Waals surface area contributed by atoms with Gasteiger partial charge in [-0.1, -0.05) is 5.16 Å². The van der Waals surface area contributed by atoms with Gasteiger partial charge in [-0.2, -0.15) is 10.1 Å². The second-order valence-corrected chi connectivity index (χ2v) is 6.75. The van der Waals surface area contributed by atoms with E-state index in [1.165, 1.54) is 12.8 Å². The minimum absolute atomic E-state index is 0.317. The maximum atomic E-state index is 10.3. The van der Waals surface area contributed by atoms with E-state index >= 15 is 0 Å². The molecule has 2 aromatic rings. The molecule has 0 amide bonds. The molecule has 0 spiro atoms. The Morgan fingerprint density at radius 3 is 2.96 bits per heavy atom. The Balaban J connectivity index is 1.32. The lowest BCUT2D eigenvalue weighted by Gasteiger charge is -2.32. The molecule has 1 saturated heterocycles. The van der Waals surface area contributed by atoms with Gasteiger partial charge in [-0.25, -0.2) is 0 Å². The van der Waals surface area contributed by atoms with Gasteiger partial charge in [0.25, 0.3) is 0 Å². The van der Waals surface area contributed by atoms with Crippen LogP contribution < -0.4 is 0 Å². The molecular formula is C16H23N5O2. The Morgan fingerprint density at radius 2 is 2.17 bits per heavy atom. The lowest BCUT2D eigenvalue weighted by molar-refractivity contribution is 0.0798. The molecule has 1 aliphatic carbocycles. The van der Waals surface area contributed by atoms with E-state index in [2.05, 4.69) is 20.1 Å². The van der Waals surface area contributed by atoms with Crippen molar-refractivity contribution in [3.05, 3.63) is 30.2 Å². The van der Waals surface area contributed by atoms with Crippen LogP contribution >= 0.6 is 0 Å². The number of aliphatic hydroxyl groups excluding tert-OH is 1. The minimum Gasteiger partial charge on any atom is -0.390 e. The van der Waals surface area contributed by atoms with Crippen LogP contribution in [0.5, 0.6) is 0 Å². The third-order valence-electron chi connectivity index (χ3n) is 4.68. The summed E-state index contributed by atoms with van der Waals surface area (Å²) in [5.74, 6) is 2.48. The molecule has 2 fully saturated rings. The van der Waals surface area contributed by atoms with Crippen molar-refractivity contribution in [2.75, 3.05) is 19.6 Å². The van der Waals surface area contributed by atoms with Gasteiger partial charge < -0.3 is 9.63 Å². The number of likely N-dealkylation sites (tertiary alicyclic amines) is 1. The van der Waals surface area contributed by atoms with E-state index in [1.54, 1.807) is 10.9 Å². The molecule has 2 atom stereocenters. The summed E-state index contributed by atoms with van der Waals surface area (Å²) < 4.78 is 7.16. The molecule has 0 radical (unpaired) electrons. The summed E-state index contributed by atoms with van der Waals surface area (Å²) in [6.45, 7) is 3.09. The van der Waals surface area contributed by atoms with Crippen LogP contribution in [0.15, 0.2) is 23.0 Å². The van der Waals surface area contributed by atoms with E-state index in [0.717, 1.165) is 37.6 Å². The Morgan fingerprint density at radius 1 is 1.26 bits per heavy atom. The molecular weight excluding hydrogens is 294 g/mol. The van der Waals surface area contributed by atoms with Crippen LogP contribution in [0.1, 0.15) is 49.2 Å². The first-order chi connectivity index (χ1) is 11.3. The lowest BCUT2D eigenvalue weighted by atomic mass is 9.97. The second kappa shape index (κ2) is 6.41. The molecule has 124 valence electrons. The Bertz CT molecular complexity index is 622. The van der Waals surface area contributed by atoms with E-state index in [4.69, 9.17) is 4.52 Å². The van der Waals surface area contributed by atoms with Gasteiger partial charge in [-0.05, 0) is 38.3 Å². The molecule has 4 rings (SSSR count). The van der Waals surface area contributed by atoms with Gasteiger partial charge in [0.15, 0.2) is 5.82 Å². The summed E-state index contributed by atoms with van der Waals surface area (Å²) in [6.07, 6.45) is 7.75. The van der Waals surface area contributed by atoms with Crippen molar-refractivity contribution in [2.24, 2.45) is 0 Å². The quantitative estimate of drug-likeness (QED) is 0.867. The van der Waals surface area contributed by atoms with Gasteiger partial charge in [-0.3, -0.25) is 9.58 Å². The number of rotatable bonds is 6. The van der Waals surface area contributed by atoms with Crippen molar-refractivity contribution >= 4 is 0 Å². The Kier molecular flexibility index (Phi) is 4.13. The monoisotopic (exact) mass is 317 g/mol. The van der Waals surface area contributed by atoms with Crippen molar-refractivity contribution in [3.8, 4) is 0 Å². The molecule has 1 N–H and O–H groups in total. The van der Waals surface area contributed by atoms with E-state index in [-0.39, 0.29) is 0 Å². The minimum atomic E-state index is -0.416. The number of hydrogen-bond donors (Lipinski definition) is 1. The van der Waals surface area contributed by atoms with Gasteiger partial charge in [0.05, 0.1) is 12.6 Å². The van der Waals surface area contributed by atoms with Crippen LogP contribution in [-0.4, -0.2) is 55.7 Å². The van der Waals surface area contributed by atoms with Gasteiger partial charge >= 0.3 is 0 Å². The summed E-state index contributed by atoms with van der Waals surface area (Å²) in [5, 5.41) is 18.6. The van der Waals surface area contributed by atoms with Crippen LogP contribution in [0.25, 0.3) is 0 Å². The molecule has 7 heteroatoms. The summed E-state index contributed by atoms with van der Waals surface area (Å²) in [4.78, 5) is 6.89. The largest absolute Gasteiger partial charge is 0.390 e. The SMILES string of the molecule is O[C@@H](CN1CCC[C@@H](c2noc(C3CC3)n2)C1)Cn1cccn1. The molecule has 1 saturated carbocycles. The van der Waals surface area contributed by atoms with Gasteiger partial charge in [0.1, 0.15) is 0 Å². The molecule has 2 aliphatic rings. The summed E-state index contributed by atoms with van der Waals surface area (Å²) in [6, 6.07) is 1.87. The van der Waals surface area contributed by atoms with Gasteiger partial charge in [-0.15, -0.1) is 0 Å². The van der Waals surface area contributed by atoms with Crippen molar-refractivity contribution in [1.82, 2.24) is 24.8 Å². The average Bonchev–Trinajstić information content (AvgIpc) is 3.07. The molecule has 0 aromatic carbocycles. The normalized spacial score (nSPS) is 24.0. The van der Waals surface area contributed by atoms with E-state index in [1.807, 2.05) is 12.3 Å². The number of β-amino-alcohol motifs (C(OH)–C–C–N with tert-alkyl or cyclic N) is 1. The molecule has 3 heterocycles. The van der Waals surface area contributed by atoms with Crippen molar-refractivity contribution in [2.45, 2.75) is 50.2 Å². The van der Waals surface area contributed by atoms with E-state index in [0.29, 0.717) is 24.9 Å². The standard InChI is InChI=1S/C16H23N5O2/c22-14(11-21-8-2-6-17-21)10-20-7-1-3-13(9-20)15-18-16(23-19-15)12-4-5-12/h2,6,8,12-14,22H,1,3-5,7,9-11H2/t13-,14+/m1/s1. The smallest absolute Gasteiger partial charge is 0.229 e. The van der Waals surface area contributed by atoms with Crippen LogP contribution in [0.4, 0.5) is 0 Å². The molecule has 7 nitrogen and oxygen atoms in total. The predicted octanol–water partition coefficient (Wildman–Crippen LogP) is 1.38. The zero-order valence-electron chi connectivity index (χ0n) is 13.2. The first kappa shape index (κ1) is 14.8. The third-order valence-corrected chi connectivity index (χ3v) is 4.68. The molecule has 0 unspecified atom stereocenters. The highest BCUT2D eigenvalue weighted by atomic mass is 16.5. The fraction of sp³-hybridized carbons (Fsp3) is 0.688. The summed E-state index contributed by atoms with van der Waals surface area (Å²) in [5.41, 5.74) is 0. The Hall–Kier alpha value is -1.73. The molecule has 1 aliphatic heterocycles. The summed E-state index contributed by atoms with van der Waals surface area (Å²) in [7, 11) is 0. The highest BCUT2D eigenvalue weighted by molar-refractivity contribution is 5.05. The number of piperidine rings is 1. The topological polar surface area (TPSA) is 80.2 Å². The van der Waals surface area contributed by atoms with E-state index in [9.17, 15) is 5.11 Å². The van der Waals surface area contributed by atoms with E-state index < -0.39 is 6.10 Å². The highest BCUT2D eigenvalue weighted by Crippen LogP contribution is 2.39. The fourth-order valence-corrected chi connectivity index (χ4v) is 3.32. The first-order valence-electron chi connectivity index (χ1n) is 8.49. The maximum absolute atomic E-state index is 10.3. The summed E-state index contributed by atoms with van der Waals surface area (Å²) >= 11 is 0. The van der Waals surface area contributed by atoms with Crippen molar-refractivity contribution < 1.29 is 9.63 Å². The number of aromatic nitrogens is 4. The van der Waals surface area contributed by atoms with Crippen LogP contribution in [0.3, 0.4) is 0 Å². The molecule has 0 bridgehead atoms. The second-order valence-electron chi connectivity index (χ2n) is 6.75. The van der Waals surface area contributed by atoms with Crippen molar-refractivity contribution in [1.29, 1.82) is 0 Å². The predicted molar refractivity (Wildman–Crippen MR) is 82.9 cm³/mol. The zero-order valence-corrected chi connectivity index (χ0v) is 13.2. The third kappa shape index (κ3) is 3.61. The number of hydrogen-bond acceptors (Lipinski definition) is 6. The fourth-order valence-electron chi connectivity index (χ4n) is 3.32.